The van der Waals surface area contributed by atoms with Gasteiger partial charge in [0, 0.05) is 9.64 Å². The molecule has 0 saturated carbocycles. The number of hydrogen-bond acceptors (Lipinski definition) is 3. The van der Waals surface area contributed by atoms with Gasteiger partial charge in [0.15, 0.2) is 0 Å². The van der Waals surface area contributed by atoms with E-state index in [4.69, 9.17) is 15.5 Å². The van der Waals surface area contributed by atoms with Crippen LogP contribution >= 0.6 is 22.6 Å². The molecule has 0 aromatic heterocycles. The first-order valence-electron chi connectivity index (χ1n) is 2.76. The Labute approximate surface area is 77.0 Å². The zero-order valence-corrected chi connectivity index (χ0v) is 7.53. The van der Waals surface area contributed by atoms with Crippen LogP contribution in [0, 0.1) is 14.9 Å². The molecule has 1 aromatic rings. The van der Waals surface area contributed by atoms with Gasteiger partial charge in [-0.25, -0.2) is 0 Å². The highest BCUT2D eigenvalue weighted by Gasteiger charge is 2.06. The third kappa shape index (κ3) is 1.54. The monoisotopic (exact) mass is 261 g/mol. The highest BCUT2D eigenvalue weighted by atomic mass is 127. The molecule has 1 rings (SSSR count). The van der Waals surface area contributed by atoms with E-state index in [2.05, 4.69) is 0 Å². The predicted octanol–water partition coefficient (Wildman–Crippen LogP) is 1.57. The lowest BCUT2D eigenvalue weighted by atomic mass is 10.2. The van der Waals surface area contributed by atoms with E-state index < -0.39 is 0 Å². The Hall–Kier alpha value is -0.960. The SMILES string of the molecule is N#Cc1c(O)cc(O)cc1I. The van der Waals surface area contributed by atoms with Crippen molar-refractivity contribution in [2.75, 3.05) is 0 Å². The zero-order valence-electron chi connectivity index (χ0n) is 5.37. The van der Waals surface area contributed by atoms with E-state index in [-0.39, 0.29) is 17.1 Å². The van der Waals surface area contributed by atoms with Gasteiger partial charge < -0.3 is 10.2 Å². The van der Waals surface area contributed by atoms with Gasteiger partial charge in [0.25, 0.3) is 0 Å². The molecule has 0 atom stereocenters. The van der Waals surface area contributed by atoms with Gasteiger partial charge in [0.2, 0.25) is 0 Å². The second kappa shape index (κ2) is 2.96. The standard InChI is InChI=1S/C7H4INO2/c8-6-1-4(10)2-7(11)5(6)3-9/h1-2,10-11H. The first kappa shape index (κ1) is 8.14. The van der Waals surface area contributed by atoms with Crippen LogP contribution in [-0.4, -0.2) is 10.2 Å². The van der Waals surface area contributed by atoms with Crippen molar-refractivity contribution in [3.63, 3.8) is 0 Å². The molecule has 0 radical (unpaired) electrons. The van der Waals surface area contributed by atoms with E-state index in [1.807, 2.05) is 28.7 Å². The molecule has 4 heteroatoms. The van der Waals surface area contributed by atoms with Gasteiger partial charge in [0.05, 0.1) is 0 Å². The number of halogens is 1. The Balaban J connectivity index is 3.40. The molecule has 11 heavy (non-hydrogen) atoms. The minimum Gasteiger partial charge on any atom is -0.508 e. The molecule has 1 aromatic carbocycles. The van der Waals surface area contributed by atoms with Crippen LogP contribution in [0.5, 0.6) is 11.5 Å². The molecule has 0 bridgehead atoms. The van der Waals surface area contributed by atoms with Gasteiger partial charge in [0.1, 0.15) is 23.1 Å². The maximum atomic E-state index is 9.08. The molecule has 0 spiro atoms. The van der Waals surface area contributed by atoms with Crippen molar-refractivity contribution < 1.29 is 10.2 Å². The first-order chi connectivity index (χ1) is 5.15. The largest absolute Gasteiger partial charge is 0.508 e. The number of hydrogen-bond donors (Lipinski definition) is 2. The lowest BCUT2D eigenvalue weighted by molar-refractivity contribution is 0.448. The topological polar surface area (TPSA) is 64.2 Å². The highest BCUT2D eigenvalue weighted by Crippen LogP contribution is 2.27. The fourth-order valence-corrected chi connectivity index (χ4v) is 1.40. The number of rotatable bonds is 0. The fourth-order valence-electron chi connectivity index (χ4n) is 0.689. The van der Waals surface area contributed by atoms with Crippen molar-refractivity contribution in [1.29, 1.82) is 5.26 Å². The van der Waals surface area contributed by atoms with E-state index in [1.54, 1.807) is 0 Å². The maximum Gasteiger partial charge on any atom is 0.138 e. The van der Waals surface area contributed by atoms with Gasteiger partial charge in [-0.05, 0) is 28.7 Å². The summed E-state index contributed by atoms with van der Waals surface area (Å²) in [6, 6.07) is 4.38. The third-order valence-corrected chi connectivity index (χ3v) is 2.02. The van der Waals surface area contributed by atoms with Crippen LogP contribution in [-0.2, 0) is 0 Å². The van der Waals surface area contributed by atoms with Crippen molar-refractivity contribution in [3.8, 4) is 17.6 Å². The fraction of sp³-hybridized carbons (Fsp3) is 0. The molecule has 3 nitrogen and oxygen atoms in total. The Kier molecular flexibility index (Phi) is 2.19. The molecule has 0 amide bonds. The summed E-state index contributed by atoms with van der Waals surface area (Å²) >= 11 is 1.87. The molecule has 2 N–H and O–H groups in total. The van der Waals surface area contributed by atoms with Crippen LogP contribution < -0.4 is 0 Å². The van der Waals surface area contributed by atoms with E-state index in [0.717, 1.165) is 6.07 Å². The zero-order chi connectivity index (χ0) is 8.43. The van der Waals surface area contributed by atoms with Crippen LogP contribution in [0.1, 0.15) is 5.56 Å². The molecule has 0 fully saturated rings. The van der Waals surface area contributed by atoms with Crippen LogP contribution in [0.25, 0.3) is 0 Å². The van der Waals surface area contributed by atoms with Crippen molar-refractivity contribution in [2.45, 2.75) is 0 Å². The van der Waals surface area contributed by atoms with Crippen LogP contribution in [0.15, 0.2) is 12.1 Å². The van der Waals surface area contributed by atoms with Crippen LogP contribution in [0.2, 0.25) is 0 Å². The average molecular weight is 261 g/mol. The highest BCUT2D eigenvalue weighted by molar-refractivity contribution is 14.1. The molecule has 0 heterocycles. The lowest BCUT2D eigenvalue weighted by Gasteiger charge is -1.98. The molecule has 0 aliphatic rings. The average Bonchev–Trinajstić information content (AvgIpc) is 1.85. The summed E-state index contributed by atoms with van der Waals surface area (Å²) in [7, 11) is 0. The summed E-state index contributed by atoms with van der Waals surface area (Å²) in [5.41, 5.74) is 0.198. The van der Waals surface area contributed by atoms with Crippen molar-refractivity contribution in [3.05, 3.63) is 21.3 Å². The first-order valence-corrected chi connectivity index (χ1v) is 3.84. The summed E-state index contributed by atoms with van der Waals surface area (Å²) < 4.78 is 0.544. The normalized spacial score (nSPS) is 9.09. The minimum absolute atomic E-state index is 0.0362. The maximum absolute atomic E-state index is 9.08. The van der Waals surface area contributed by atoms with Gasteiger partial charge in [-0.3, -0.25) is 0 Å². The number of nitriles is 1. The number of phenols is 2. The van der Waals surface area contributed by atoms with Gasteiger partial charge in [-0.2, -0.15) is 5.26 Å². The Morgan fingerprint density at radius 1 is 1.36 bits per heavy atom. The summed E-state index contributed by atoms with van der Waals surface area (Å²) in [5, 5.41) is 26.5. The van der Waals surface area contributed by atoms with Crippen LogP contribution in [0.4, 0.5) is 0 Å². The van der Waals surface area contributed by atoms with E-state index >= 15 is 0 Å². The Bertz CT molecular complexity index is 307. The number of benzene rings is 1. The predicted molar refractivity (Wildman–Crippen MR) is 47.2 cm³/mol. The molecule has 0 saturated heterocycles. The van der Waals surface area contributed by atoms with Crippen molar-refractivity contribution in [1.82, 2.24) is 0 Å². The molecule has 0 aliphatic heterocycles. The van der Waals surface area contributed by atoms with E-state index in [0.29, 0.717) is 3.57 Å². The van der Waals surface area contributed by atoms with E-state index in [1.165, 1.54) is 6.07 Å². The van der Waals surface area contributed by atoms with Gasteiger partial charge in [-0.1, -0.05) is 0 Å². The number of nitrogens with zero attached hydrogens (tertiary/aromatic N) is 1. The second-order valence-corrected chi connectivity index (χ2v) is 3.10. The minimum atomic E-state index is -0.183. The number of aromatic hydroxyl groups is 2. The molecule has 56 valence electrons. The van der Waals surface area contributed by atoms with Gasteiger partial charge in [-0.15, -0.1) is 0 Å². The summed E-state index contributed by atoms with van der Waals surface area (Å²) in [5.74, 6) is -0.220. The van der Waals surface area contributed by atoms with E-state index in [9.17, 15) is 0 Å². The molecular formula is C7H4INO2. The number of phenolic OH excluding ortho intramolecular Hbond substituents is 2. The Morgan fingerprint density at radius 3 is 2.45 bits per heavy atom. The summed E-state index contributed by atoms with van der Waals surface area (Å²) in [6.45, 7) is 0. The smallest absolute Gasteiger partial charge is 0.138 e. The second-order valence-electron chi connectivity index (χ2n) is 1.93. The third-order valence-electron chi connectivity index (χ3n) is 1.17. The van der Waals surface area contributed by atoms with Crippen molar-refractivity contribution in [2.24, 2.45) is 0 Å². The lowest BCUT2D eigenvalue weighted by Crippen LogP contribution is -1.81. The molecule has 0 aliphatic carbocycles. The summed E-state index contributed by atoms with van der Waals surface area (Å²) in [6.07, 6.45) is 0. The van der Waals surface area contributed by atoms with Gasteiger partial charge >= 0.3 is 0 Å². The van der Waals surface area contributed by atoms with Crippen LogP contribution in [0.3, 0.4) is 0 Å². The molecular weight excluding hydrogens is 257 g/mol. The Morgan fingerprint density at radius 2 is 2.00 bits per heavy atom. The van der Waals surface area contributed by atoms with Crippen molar-refractivity contribution >= 4 is 22.6 Å². The summed E-state index contributed by atoms with van der Waals surface area (Å²) in [4.78, 5) is 0. The molecule has 0 unspecified atom stereocenters. The quantitative estimate of drug-likeness (QED) is 0.697.